The molecule has 2 aromatic carbocycles. The zero-order valence-electron chi connectivity index (χ0n) is 14.2. The van der Waals surface area contributed by atoms with Gasteiger partial charge in [0.2, 0.25) is 0 Å². The molecule has 0 spiro atoms. The van der Waals surface area contributed by atoms with Gasteiger partial charge in [-0.1, -0.05) is 24.3 Å². The Balaban J connectivity index is 1.59. The molecule has 4 nitrogen and oxygen atoms in total. The van der Waals surface area contributed by atoms with Gasteiger partial charge in [-0.2, -0.15) is 0 Å². The predicted molar refractivity (Wildman–Crippen MR) is 92.6 cm³/mol. The highest BCUT2D eigenvalue weighted by atomic mass is 16.5. The van der Waals surface area contributed by atoms with Gasteiger partial charge in [-0.25, -0.2) is 0 Å². The molecule has 2 unspecified atom stereocenters. The van der Waals surface area contributed by atoms with Gasteiger partial charge in [0.1, 0.15) is 0 Å². The minimum atomic E-state index is -0.400. The molecular weight excluding hydrogens is 302 g/mol. The zero-order chi connectivity index (χ0) is 16.7. The Hall–Kier alpha value is -2.04. The number of aliphatic hydroxyl groups is 1. The number of rotatable bonds is 3. The molecule has 0 radical (unpaired) electrons. The number of fused-ring (bicyclic) bond motifs is 2. The molecule has 2 aromatic rings. The minimum Gasteiger partial charge on any atom is -0.493 e. The molecule has 1 N–H and O–H groups in total. The number of nitrogens with zero attached hydrogens (tertiary/aromatic N) is 1. The summed E-state index contributed by atoms with van der Waals surface area (Å²) in [4.78, 5) is 2.40. The first kappa shape index (κ1) is 15.5. The van der Waals surface area contributed by atoms with Crippen LogP contribution in [0.4, 0.5) is 0 Å². The van der Waals surface area contributed by atoms with E-state index in [2.05, 4.69) is 29.2 Å². The molecule has 0 saturated heterocycles. The standard InChI is InChI=1S/C20H23NO3/c1-23-18-10-13-7-8-21(12-15(13)11-19(18)24-2)17-9-14-5-3-4-6-16(14)20(17)22/h3-6,10-11,17,20,22H,7-9,12H2,1-2H3. The minimum absolute atomic E-state index is 0.156. The number of benzene rings is 2. The van der Waals surface area contributed by atoms with Crippen molar-refractivity contribution in [1.29, 1.82) is 0 Å². The first-order valence-corrected chi connectivity index (χ1v) is 8.45. The monoisotopic (exact) mass is 325 g/mol. The van der Waals surface area contributed by atoms with E-state index in [9.17, 15) is 5.11 Å². The second-order valence-corrected chi connectivity index (χ2v) is 6.61. The lowest BCUT2D eigenvalue weighted by Gasteiger charge is -2.35. The second-order valence-electron chi connectivity index (χ2n) is 6.61. The molecule has 24 heavy (non-hydrogen) atoms. The summed E-state index contributed by atoms with van der Waals surface area (Å²) < 4.78 is 10.9. The molecule has 1 aliphatic carbocycles. The molecule has 126 valence electrons. The number of hydrogen-bond acceptors (Lipinski definition) is 4. The van der Waals surface area contributed by atoms with E-state index in [0.29, 0.717) is 0 Å². The first-order valence-electron chi connectivity index (χ1n) is 8.45. The van der Waals surface area contributed by atoms with Crippen molar-refractivity contribution in [3.05, 3.63) is 58.7 Å². The summed E-state index contributed by atoms with van der Waals surface area (Å²) in [6, 6.07) is 12.6. The summed E-state index contributed by atoms with van der Waals surface area (Å²) >= 11 is 0. The quantitative estimate of drug-likeness (QED) is 0.942. The highest BCUT2D eigenvalue weighted by Crippen LogP contribution is 2.38. The first-order chi connectivity index (χ1) is 11.7. The normalized spacial score (nSPS) is 22.8. The van der Waals surface area contributed by atoms with E-state index in [0.717, 1.165) is 43.0 Å². The molecule has 4 heteroatoms. The lowest BCUT2D eigenvalue weighted by molar-refractivity contribution is 0.0525. The maximum atomic E-state index is 10.7. The van der Waals surface area contributed by atoms with Crippen LogP contribution in [0.5, 0.6) is 11.5 Å². The maximum Gasteiger partial charge on any atom is 0.161 e. The van der Waals surface area contributed by atoms with Crippen molar-refractivity contribution in [2.24, 2.45) is 0 Å². The number of methoxy groups -OCH3 is 2. The Morgan fingerprint density at radius 1 is 1.00 bits per heavy atom. The molecule has 2 atom stereocenters. The fourth-order valence-electron chi connectivity index (χ4n) is 4.07. The molecule has 2 aliphatic rings. The van der Waals surface area contributed by atoms with E-state index >= 15 is 0 Å². The summed E-state index contributed by atoms with van der Waals surface area (Å²) in [5, 5.41) is 10.7. The van der Waals surface area contributed by atoms with Gasteiger partial charge in [0.25, 0.3) is 0 Å². The van der Waals surface area contributed by atoms with Crippen LogP contribution >= 0.6 is 0 Å². The topological polar surface area (TPSA) is 41.9 Å². The second kappa shape index (κ2) is 6.11. The van der Waals surface area contributed by atoms with Crippen molar-refractivity contribution < 1.29 is 14.6 Å². The summed E-state index contributed by atoms with van der Waals surface area (Å²) in [6.45, 7) is 1.80. The van der Waals surface area contributed by atoms with Crippen LogP contribution in [-0.2, 0) is 19.4 Å². The Kier molecular flexibility index (Phi) is 3.94. The number of hydrogen-bond donors (Lipinski definition) is 1. The van der Waals surface area contributed by atoms with Gasteiger partial charge >= 0.3 is 0 Å². The molecule has 1 heterocycles. The molecule has 0 bridgehead atoms. The van der Waals surface area contributed by atoms with Crippen molar-refractivity contribution in [2.75, 3.05) is 20.8 Å². The van der Waals surface area contributed by atoms with Crippen LogP contribution in [0.2, 0.25) is 0 Å². The van der Waals surface area contributed by atoms with Crippen LogP contribution in [0.1, 0.15) is 28.4 Å². The van der Waals surface area contributed by atoms with Gasteiger partial charge in [-0.05, 0) is 47.2 Å². The van der Waals surface area contributed by atoms with Crippen molar-refractivity contribution in [3.63, 3.8) is 0 Å². The maximum absolute atomic E-state index is 10.7. The highest BCUT2D eigenvalue weighted by Gasteiger charge is 2.36. The fourth-order valence-corrected chi connectivity index (χ4v) is 4.07. The van der Waals surface area contributed by atoms with Crippen LogP contribution in [0.3, 0.4) is 0 Å². The summed E-state index contributed by atoms with van der Waals surface area (Å²) in [7, 11) is 3.34. The Bertz CT molecular complexity index is 759. The van der Waals surface area contributed by atoms with Crippen LogP contribution < -0.4 is 9.47 Å². The van der Waals surface area contributed by atoms with E-state index < -0.39 is 6.10 Å². The molecule has 0 amide bonds. The third-order valence-electron chi connectivity index (χ3n) is 5.38. The van der Waals surface area contributed by atoms with E-state index in [-0.39, 0.29) is 6.04 Å². The van der Waals surface area contributed by atoms with Crippen LogP contribution in [0.25, 0.3) is 0 Å². The van der Waals surface area contributed by atoms with E-state index in [1.807, 2.05) is 12.1 Å². The average molecular weight is 325 g/mol. The van der Waals surface area contributed by atoms with Crippen LogP contribution in [0.15, 0.2) is 36.4 Å². The third kappa shape index (κ3) is 2.46. The van der Waals surface area contributed by atoms with Crippen molar-refractivity contribution in [1.82, 2.24) is 4.90 Å². The molecule has 0 saturated carbocycles. The molecule has 0 fully saturated rings. The van der Waals surface area contributed by atoms with Crippen molar-refractivity contribution in [3.8, 4) is 11.5 Å². The van der Waals surface area contributed by atoms with Crippen LogP contribution in [-0.4, -0.2) is 36.8 Å². The van der Waals surface area contributed by atoms with E-state index in [4.69, 9.17) is 9.47 Å². The fraction of sp³-hybridized carbons (Fsp3) is 0.400. The van der Waals surface area contributed by atoms with Gasteiger partial charge < -0.3 is 14.6 Å². The zero-order valence-corrected chi connectivity index (χ0v) is 14.2. The van der Waals surface area contributed by atoms with Gasteiger partial charge in [0.15, 0.2) is 11.5 Å². The van der Waals surface area contributed by atoms with Crippen LogP contribution in [0, 0.1) is 0 Å². The van der Waals surface area contributed by atoms with Crippen molar-refractivity contribution in [2.45, 2.75) is 31.5 Å². The highest BCUT2D eigenvalue weighted by molar-refractivity contribution is 5.48. The van der Waals surface area contributed by atoms with E-state index in [1.54, 1.807) is 14.2 Å². The van der Waals surface area contributed by atoms with Gasteiger partial charge in [0.05, 0.1) is 20.3 Å². The lowest BCUT2D eigenvalue weighted by Crippen LogP contribution is -2.41. The molecular formula is C20H23NO3. The Labute approximate surface area is 142 Å². The van der Waals surface area contributed by atoms with Crippen molar-refractivity contribution >= 4 is 0 Å². The Morgan fingerprint density at radius 3 is 2.42 bits per heavy atom. The summed E-state index contributed by atoms with van der Waals surface area (Å²) in [6.07, 6.45) is 1.48. The lowest BCUT2D eigenvalue weighted by atomic mass is 9.96. The third-order valence-corrected chi connectivity index (χ3v) is 5.38. The van der Waals surface area contributed by atoms with Gasteiger partial charge in [-0.3, -0.25) is 4.90 Å². The molecule has 4 rings (SSSR count). The largest absolute Gasteiger partial charge is 0.493 e. The summed E-state index contributed by atoms with van der Waals surface area (Å²) in [5.74, 6) is 1.56. The summed E-state index contributed by atoms with van der Waals surface area (Å²) in [5.41, 5.74) is 4.93. The van der Waals surface area contributed by atoms with Gasteiger partial charge in [-0.15, -0.1) is 0 Å². The Morgan fingerprint density at radius 2 is 1.71 bits per heavy atom. The van der Waals surface area contributed by atoms with Gasteiger partial charge in [0, 0.05) is 19.1 Å². The number of aliphatic hydroxyl groups excluding tert-OH is 1. The smallest absolute Gasteiger partial charge is 0.161 e. The molecule has 0 aromatic heterocycles. The predicted octanol–water partition coefficient (Wildman–Crippen LogP) is 2.72. The average Bonchev–Trinajstić information content (AvgIpc) is 2.97. The SMILES string of the molecule is COc1cc2c(cc1OC)CN(C1Cc3ccccc3C1O)CC2. The number of ether oxygens (including phenoxy) is 2. The molecule has 1 aliphatic heterocycles. The van der Waals surface area contributed by atoms with E-state index in [1.165, 1.54) is 16.7 Å².